The van der Waals surface area contributed by atoms with Crippen molar-refractivity contribution in [1.29, 1.82) is 0 Å². The molecule has 3 nitrogen and oxygen atoms in total. The third kappa shape index (κ3) is 2.23. The Morgan fingerprint density at radius 2 is 2.43 bits per heavy atom. The highest BCUT2D eigenvalue weighted by molar-refractivity contribution is 8.00. The molecule has 0 spiro atoms. The number of nitrogens with two attached hydrogens (primary N) is 1. The van der Waals surface area contributed by atoms with Crippen LogP contribution in [0.1, 0.15) is 33.1 Å². The third-order valence-corrected chi connectivity index (χ3v) is 4.33. The first-order valence-corrected chi connectivity index (χ1v) is 6.35. The molecule has 1 aliphatic heterocycles. The van der Waals surface area contributed by atoms with E-state index in [2.05, 4.69) is 19.2 Å². The van der Waals surface area contributed by atoms with Crippen molar-refractivity contribution in [2.24, 2.45) is 5.73 Å². The van der Waals surface area contributed by atoms with Gasteiger partial charge in [0.05, 0.1) is 0 Å². The summed E-state index contributed by atoms with van der Waals surface area (Å²) in [5, 5.41) is 3.63. The first-order valence-electron chi connectivity index (χ1n) is 5.30. The van der Waals surface area contributed by atoms with Gasteiger partial charge in [0, 0.05) is 5.25 Å². The van der Waals surface area contributed by atoms with Gasteiger partial charge in [-0.05, 0) is 31.6 Å². The fraction of sp³-hybridized carbons (Fsp3) is 0.900. The van der Waals surface area contributed by atoms with E-state index in [0.717, 1.165) is 31.6 Å². The number of hydrogen-bond acceptors (Lipinski definition) is 3. The molecule has 1 amide bonds. The van der Waals surface area contributed by atoms with E-state index < -0.39 is 5.54 Å². The van der Waals surface area contributed by atoms with Gasteiger partial charge < -0.3 is 11.1 Å². The van der Waals surface area contributed by atoms with Crippen LogP contribution >= 0.6 is 11.8 Å². The van der Waals surface area contributed by atoms with Crippen molar-refractivity contribution in [2.45, 2.75) is 43.9 Å². The highest BCUT2D eigenvalue weighted by Crippen LogP contribution is 2.33. The van der Waals surface area contributed by atoms with Crippen LogP contribution in [0.4, 0.5) is 0 Å². The molecular formula is C10H20N2OS. The van der Waals surface area contributed by atoms with Crippen molar-refractivity contribution in [3.63, 3.8) is 0 Å². The van der Waals surface area contributed by atoms with E-state index in [0.29, 0.717) is 5.25 Å². The van der Waals surface area contributed by atoms with Gasteiger partial charge in [0.25, 0.3) is 0 Å². The van der Waals surface area contributed by atoms with Crippen molar-refractivity contribution >= 4 is 17.7 Å². The molecule has 0 saturated carbocycles. The van der Waals surface area contributed by atoms with Crippen LogP contribution in [-0.4, -0.2) is 29.0 Å². The molecule has 0 bridgehead atoms. The van der Waals surface area contributed by atoms with Crippen LogP contribution in [0.15, 0.2) is 0 Å². The Labute approximate surface area is 90.2 Å². The number of thioether (sulfide) groups is 1. The van der Waals surface area contributed by atoms with Crippen LogP contribution in [0.3, 0.4) is 0 Å². The summed E-state index contributed by atoms with van der Waals surface area (Å²) in [6.07, 6.45) is 3.00. The molecule has 14 heavy (non-hydrogen) atoms. The van der Waals surface area contributed by atoms with Gasteiger partial charge in [-0.25, -0.2) is 0 Å². The van der Waals surface area contributed by atoms with E-state index in [1.807, 2.05) is 11.8 Å². The molecule has 0 aliphatic carbocycles. The predicted octanol–water partition coefficient (Wildman–Crippen LogP) is 1.13. The summed E-state index contributed by atoms with van der Waals surface area (Å²) in [4.78, 5) is 11.5. The Morgan fingerprint density at radius 3 is 2.93 bits per heavy atom. The van der Waals surface area contributed by atoms with E-state index in [-0.39, 0.29) is 5.91 Å². The van der Waals surface area contributed by atoms with Crippen LogP contribution in [0.25, 0.3) is 0 Å². The predicted molar refractivity (Wildman–Crippen MR) is 61.4 cm³/mol. The van der Waals surface area contributed by atoms with E-state index >= 15 is 0 Å². The maximum absolute atomic E-state index is 11.5. The first-order chi connectivity index (χ1) is 6.63. The highest BCUT2D eigenvalue weighted by Gasteiger charge is 2.43. The Hall–Kier alpha value is -0.220. The Morgan fingerprint density at radius 1 is 1.71 bits per heavy atom. The lowest BCUT2D eigenvalue weighted by Gasteiger charge is -2.40. The molecule has 1 aliphatic rings. The largest absolute Gasteiger partial charge is 0.368 e. The minimum absolute atomic E-state index is 0.189. The fourth-order valence-electron chi connectivity index (χ4n) is 1.95. The number of hydrogen-bond donors (Lipinski definition) is 2. The fourth-order valence-corrected chi connectivity index (χ4v) is 3.21. The summed E-state index contributed by atoms with van der Waals surface area (Å²) in [5.41, 5.74) is 5.06. The van der Waals surface area contributed by atoms with Crippen molar-refractivity contribution in [3.05, 3.63) is 0 Å². The molecule has 3 N–H and O–H groups in total. The SMILES string of the molecule is CCCNC1(C(N)=O)CCCSC1C. The molecule has 2 atom stereocenters. The van der Waals surface area contributed by atoms with Gasteiger partial charge in [0.15, 0.2) is 0 Å². The monoisotopic (exact) mass is 216 g/mol. The highest BCUT2D eigenvalue weighted by atomic mass is 32.2. The van der Waals surface area contributed by atoms with Crippen LogP contribution in [0.2, 0.25) is 0 Å². The lowest BCUT2D eigenvalue weighted by atomic mass is 9.88. The molecule has 0 aromatic rings. The minimum atomic E-state index is -0.459. The zero-order valence-electron chi connectivity index (χ0n) is 9.01. The van der Waals surface area contributed by atoms with Gasteiger partial charge in [-0.2, -0.15) is 11.8 Å². The second-order valence-electron chi connectivity index (χ2n) is 3.88. The van der Waals surface area contributed by atoms with Crippen molar-refractivity contribution in [3.8, 4) is 0 Å². The van der Waals surface area contributed by atoms with Crippen LogP contribution < -0.4 is 11.1 Å². The topological polar surface area (TPSA) is 55.1 Å². The second kappa shape index (κ2) is 5.03. The quantitative estimate of drug-likeness (QED) is 0.740. The Kier molecular flexibility index (Phi) is 4.26. The first kappa shape index (κ1) is 11.9. The lowest BCUT2D eigenvalue weighted by Crippen LogP contribution is -2.62. The number of amides is 1. The van der Waals surface area contributed by atoms with E-state index in [1.54, 1.807) is 0 Å². The summed E-state index contributed by atoms with van der Waals surface area (Å²) in [5.74, 6) is 0.954. The number of carbonyl (C=O) groups is 1. The number of primary amides is 1. The van der Waals surface area contributed by atoms with Gasteiger partial charge in [-0.15, -0.1) is 0 Å². The number of carbonyl (C=O) groups excluding carboxylic acids is 1. The average molecular weight is 216 g/mol. The smallest absolute Gasteiger partial charge is 0.238 e. The molecule has 1 heterocycles. The van der Waals surface area contributed by atoms with Crippen molar-refractivity contribution < 1.29 is 4.79 Å². The van der Waals surface area contributed by atoms with Gasteiger partial charge in [-0.3, -0.25) is 4.79 Å². The van der Waals surface area contributed by atoms with Crippen LogP contribution in [0.5, 0.6) is 0 Å². The molecule has 2 unspecified atom stereocenters. The Balaban J connectivity index is 2.72. The maximum Gasteiger partial charge on any atom is 0.238 e. The van der Waals surface area contributed by atoms with E-state index in [9.17, 15) is 4.79 Å². The standard InChI is InChI=1S/C10H20N2OS/c1-3-6-12-10(9(11)13)5-4-7-14-8(10)2/h8,12H,3-7H2,1-2H3,(H2,11,13). The average Bonchev–Trinajstić information content (AvgIpc) is 2.16. The molecule has 4 heteroatoms. The van der Waals surface area contributed by atoms with Crippen molar-refractivity contribution in [1.82, 2.24) is 5.32 Å². The summed E-state index contributed by atoms with van der Waals surface area (Å²) < 4.78 is 0. The molecule has 0 radical (unpaired) electrons. The normalized spacial score (nSPS) is 32.9. The van der Waals surface area contributed by atoms with Gasteiger partial charge in [-0.1, -0.05) is 13.8 Å². The zero-order valence-corrected chi connectivity index (χ0v) is 9.82. The molecule has 1 saturated heterocycles. The molecule has 82 valence electrons. The molecule has 0 aromatic carbocycles. The summed E-state index contributed by atoms with van der Waals surface area (Å²) in [6, 6.07) is 0. The van der Waals surface area contributed by atoms with Gasteiger partial charge in [0.2, 0.25) is 5.91 Å². The molecule has 1 rings (SSSR count). The van der Waals surface area contributed by atoms with Crippen LogP contribution in [0, 0.1) is 0 Å². The zero-order chi connectivity index (χ0) is 10.6. The van der Waals surface area contributed by atoms with E-state index in [4.69, 9.17) is 5.73 Å². The summed E-state index contributed by atoms with van der Waals surface area (Å²) >= 11 is 1.84. The number of rotatable bonds is 4. The molecule has 1 fully saturated rings. The number of nitrogens with one attached hydrogen (secondary N) is 1. The lowest BCUT2D eigenvalue weighted by molar-refractivity contribution is -0.124. The van der Waals surface area contributed by atoms with E-state index in [1.165, 1.54) is 0 Å². The second-order valence-corrected chi connectivity index (χ2v) is 5.33. The van der Waals surface area contributed by atoms with Crippen LogP contribution in [-0.2, 0) is 4.79 Å². The molecule has 0 aromatic heterocycles. The Bertz CT molecular complexity index is 210. The van der Waals surface area contributed by atoms with Gasteiger partial charge >= 0.3 is 0 Å². The minimum Gasteiger partial charge on any atom is -0.368 e. The van der Waals surface area contributed by atoms with Crippen molar-refractivity contribution in [2.75, 3.05) is 12.3 Å². The van der Waals surface area contributed by atoms with Gasteiger partial charge in [0.1, 0.15) is 5.54 Å². The third-order valence-electron chi connectivity index (χ3n) is 2.91. The molecular weight excluding hydrogens is 196 g/mol. The summed E-state index contributed by atoms with van der Waals surface area (Å²) in [7, 11) is 0. The maximum atomic E-state index is 11.5. The summed E-state index contributed by atoms with van der Waals surface area (Å²) in [6.45, 7) is 5.06.